The molecule has 40 heavy (non-hydrogen) atoms. The number of alkyl halides is 6. The van der Waals surface area contributed by atoms with Crippen LogP contribution in [0.5, 0.6) is 0 Å². The zero-order valence-corrected chi connectivity index (χ0v) is 21.5. The molecule has 2 saturated heterocycles. The number of halogens is 6. The maximum Gasteiger partial charge on any atom is 0.437 e. The minimum absolute atomic E-state index is 0.0192. The summed E-state index contributed by atoms with van der Waals surface area (Å²) in [6, 6.07) is 2.77. The molecule has 10 nitrogen and oxygen atoms in total. The van der Waals surface area contributed by atoms with Crippen LogP contribution in [0.3, 0.4) is 0 Å². The summed E-state index contributed by atoms with van der Waals surface area (Å²) >= 11 is 0. The van der Waals surface area contributed by atoms with Crippen molar-refractivity contribution in [3.8, 4) is 0 Å². The fourth-order valence-corrected chi connectivity index (χ4v) is 4.77. The molecule has 16 heteroatoms. The summed E-state index contributed by atoms with van der Waals surface area (Å²) in [5, 5.41) is 22.4. The molecule has 0 saturated carbocycles. The van der Waals surface area contributed by atoms with Gasteiger partial charge in [0, 0.05) is 39.3 Å². The summed E-state index contributed by atoms with van der Waals surface area (Å²) < 4.78 is 84.6. The highest BCUT2D eigenvalue weighted by atomic mass is 19.4. The zero-order chi connectivity index (χ0) is 29.2. The number of oxazole rings is 1. The number of aliphatic hydroxyl groups is 2. The minimum Gasteiger partial charge on any atom is -0.423 e. The van der Waals surface area contributed by atoms with Gasteiger partial charge in [0.25, 0.3) is 11.9 Å². The number of pyridine rings is 1. The van der Waals surface area contributed by atoms with Gasteiger partial charge < -0.3 is 34.6 Å². The molecule has 4 heterocycles. The molecule has 0 bridgehead atoms. The van der Waals surface area contributed by atoms with Gasteiger partial charge in [-0.05, 0) is 37.3 Å². The van der Waals surface area contributed by atoms with Crippen LogP contribution in [0.25, 0.3) is 0 Å². The van der Waals surface area contributed by atoms with Crippen molar-refractivity contribution in [1.82, 2.24) is 14.9 Å². The van der Waals surface area contributed by atoms with Crippen molar-refractivity contribution in [3.05, 3.63) is 29.8 Å². The number of nitrogens with one attached hydrogen (secondary N) is 1. The summed E-state index contributed by atoms with van der Waals surface area (Å²) in [4.78, 5) is 24.2. The normalized spacial score (nSPS) is 20.7. The molecule has 0 radical (unpaired) electrons. The zero-order valence-electron chi connectivity index (χ0n) is 21.5. The molecule has 222 valence electrons. The molecule has 2 aliphatic heterocycles. The molecule has 3 N–H and O–H groups in total. The summed E-state index contributed by atoms with van der Waals surface area (Å²) in [6.45, 7) is 3.40. The van der Waals surface area contributed by atoms with Gasteiger partial charge in [-0.3, -0.25) is 4.79 Å². The fraction of sp³-hybridized carbons (Fsp3) is 0.625. The predicted molar refractivity (Wildman–Crippen MR) is 130 cm³/mol. The third-order valence-electron chi connectivity index (χ3n) is 6.81. The smallest absolute Gasteiger partial charge is 0.423 e. The Hall–Kier alpha value is -3.27. The lowest BCUT2D eigenvalue weighted by atomic mass is 10.0. The van der Waals surface area contributed by atoms with Crippen molar-refractivity contribution in [2.75, 3.05) is 54.4 Å². The number of rotatable bonds is 6. The number of piperidine rings is 1. The highest BCUT2D eigenvalue weighted by Gasteiger charge is 2.45. The van der Waals surface area contributed by atoms with Crippen molar-refractivity contribution in [2.45, 2.75) is 50.9 Å². The molecule has 3 unspecified atom stereocenters. The minimum atomic E-state index is -5.06. The first-order valence-electron chi connectivity index (χ1n) is 12.8. The lowest BCUT2D eigenvalue weighted by Crippen LogP contribution is -2.47. The molecule has 0 aromatic carbocycles. The van der Waals surface area contributed by atoms with Crippen LogP contribution in [0.4, 0.5) is 43.9 Å². The highest BCUT2D eigenvalue weighted by Crippen LogP contribution is 2.38. The predicted octanol–water partition coefficient (Wildman–Crippen LogP) is 3.39. The maximum absolute atomic E-state index is 13.7. The Morgan fingerprint density at radius 3 is 2.40 bits per heavy atom. The summed E-state index contributed by atoms with van der Waals surface area (Å²) in [5.74, 6) is -1.53. The van der Waals surface area contributed by atoms with E-state index in [9.17, 15) is 41.4 Å². The van der Waals surface area contributed by atoms with Crippen molar-refractivity contribution in [2.24, 2.45) is 5.92 Å². The number of aliphatic hydroxyl groups excluding tert-OH is 2. The van der Waals surface area contributed by atoms with Crippen LogP contribution < -0.4 is 15.1 Å². The number of hydrogen-bond acceptors (Lipinski definition) is 9. The van der Waals surface area contributed by atoms with E-state index in [1.807, 2.05) is 6.92 Å². The van der Waals surface area contributed by atoms with E-state index in [0.29, 0.717) is 31.9 Å². The van der Waals surface area contributed by atoms with E-state index in [0.717, 1.165) is 17.7 Å². The SMILES string of the molecule is CC1CCCN(c2nc(C(F)(F)F)c(C(O)Nc3ccc(N4CCCN(C(=O)C(O)C(F)(F)F)CC4)nc3)o2)C1. The molecule has 1 amide bonds. The number of carbonyl (C=O) groups is 1. The molecule has 2 aliphatic rings. The number of carbonyl (C=O) groups excluding carboxylic acids is 1. The molecule has 3 atom stereocenters. The van der Waals surface area contributed by atoms with Gasteiger partial charge in [-0.1, -0.05) is 6.92 Å². The quantitative estimate of drug-likeness (QED) is 0.349. The Balaban J connectivity index is 1.42. The van der Waals surface area contributed by atoms with Crippen LogP contribution in [0.1, 0.15) is 43.9 Å². The standard InChI is InChI=1S/C24H30F6N6O4/c1-14-4-2-7-36(13-14)22-33-18(23(25,26)27)17(40-22)20(38)32-15-5-6-16(31-12-15)34-8-3-9-35(11-10-34)21(39)19(37)24(28,29)30/h5-6,12,14,19-20,32,37-38H,2-4,7-11,13H2,1H3. The van der Waals surface area contributed by atoms with Crippen molar-refractivity contribution in [3.63, 3.8) is 0 Å². The average molecular weight is 581 g/mol. The Labute approximate surface area is 225 Å². The lowest BCUT2D eigenvalue weighted by Gasteiger charge is -2.29. The molecule has 0 spiro atoms. The third kappa shape index (κ3) is 6.89. The first-order chi connectivity index (χ1) is 18.7. The van der Waals surface area contributed by atoms with E-state index in [1.165, 1.54) is 18.3 Å². The second kappa shape index (κ2) is 11.7. The molecule has 0 aliphatic carbocycles. The van der Waals surface area contributed by atoms with Crippen LogP contribution in [0, 0.1) is 5.92 Å². The topological polar surface area (TPSA) is 118 Å². The fourth-order valence-electron chi connectivity index (χ4n) is 4.77. The van der Waals surface area contributed by atoms with E-state index < -0.39 is 42.0 Å². The van der Waals surface area contributed by atoms with Gasteiger partial charge in [-0.15, -0.1) is 0 Å². The van der Waals surface area contributed by atoms with Crippen LogP contribution in [0.2, 0.25) is 0 Å². The Morgan fingerprint density at radius 2 is 1.77 bits per heavy atom. The molecule has 2 aromatic rings. The van der Waals surface area contributed by atoms with Gasteiger partial charge >= 0.3 is 12.4 Å². The van der Waals surface area contributed by atoms with Gasteiger partial charge in [0.05, 0.1) is 11.9 Å². The van der Waals surface area contributed by atoms with E-state index >= 15 is 0 Å². The molecule has 4 rings (SSSR count). The number of hydrogen-bond donors (Lipinski definition) is 3. The van der Waals surface area contributed by atoms with E-state index in [-0.39, 0.29) is 37.3 Å². The Bertz CT molecular complexity index is 1160. The molecular weight excluding hydrogens is 550 g/mol. The van der Waals surface area contributed by atoms with Gasteiger partial charge in [0.1, 0.15) is 5.82 Å². The van der Waals surface area contributed by atoms with Crippen molar-refractivity contribution < 1.29 is 45.8 Å². The van der Waals surface area contributed by atoms with Gasteiger partial charge in [0.15, 0.2) is 17.7 Å². The number of nitrogens with zero attached hydrogens (tertiary/aromatic N) is 5. The Kier molecular flexibility index (Phi) is 8.68. The van der Waals surface area contributed by atoms with Crippen molar-refractivity contribution >= 4 is 23.4 Å². The second-order valence-corrected chi connectivity index (χ2v) is 9.96. The van der Waals surface area contributed by atoms with E-state index in [2.05, 4.69) is 15.3 Å². The van der Waals surface area contributed by atoms with Gasteiger partial charge in [-0.25, -0.2) is 4.98 Å². The second-order valence-electron chi connectivity index (χ2n) is 9.96. The highest BCUT2D eigenvalue weighted by molar-refractivity contribution is 5.81. The maximum atomic E-state index is 13.7. The summed E-state index contributed by atoms with van der Waals surface area (Å²) in [6.07, 6.45) is -11.6. The van der Waals surface area contributed by atoms with E-state index in [1.54, 1.807) is 9.80 Å². The number of aromatic nitrogens is 2. The Morgan fingerprint density at radius 1 is 1.05 bits per heavy atom. The van der Waals surface area contributed by atoms with Crippen molar-refractivity contribution in [1.29, 1.82) is 0 Å². The van der Waals surface area contributed by atoms with Gasteiger partial charge in [-0.2, -0.15) is 31.3 Å². The third-order valence-corrected chi connectivity index (χ3v) is 6.81. The average Bonchev–Trinajstić information content (AvgIpc) is 3.21. The van der Waals surface area contributed by atoms with E-state index in [4.69, 9.17) is 4.42 Å². The first-order valence-corrected chi connectivity index (χ1v) is 12.8. The van der Waals surface area contributed by atoms with Crippen LogP contribution in [0.15, 0.2) is 22.7 Å². The molecular formula is C24H30F6N6O4. The van der Waals surface area contributed by atoms with Crippen LogP contribution in [-0.2, 0) is 11.0 Å². The number of amides is 1. The molecule has 2 fully saturated rings. The summed E-state index contributed by atoms with van der Waals surface area (Å²) in [7, 11) is 0. The van der Waals surface area contributed by atoms with Crippen LogP contribution in [-0.4, -0.2) is 82.5 Å². The monoisotopic (exact) mass is 580 g/mol. The lowest BCUT2D eigenvalue weighted by molar-refractivity contribution is -0.210. The molecule has 2 aromatic heterocycles. The largest absolute Gasteiger partial charge is 0.437 e. The summed E-state index contributed by atoms with van der Waals surface area (Å²) in [5.41, 5.74) is -1.15. The van der Waals surface area contributed by atoms with Crippen LogP contribution >= 0.6 is 0 Å². The van der Waals surface area contributed by atoms with Gasteiger partial charge in [0.2, 0.25) is 6.10 Å². The number of anilines is 3. The first kappa shape index (κ1) is 29.7.